The van der Waals surface area contributed by atoms with Crippen LogP contribution in [0.25, 0.3) is 0 Å². The SMILES string of the molecule is C=C(OS(=O)(=O)C(F)(F)F)[C@@H]1CC[C@@H]2O[C@@]3(C)CC[C@H](Br)C(C)(C)O[C@@H]3CC[C@@]2(C)O1. The quantitative estimate of drug-likeness (QED) is 0.220. The van der Waals surface area contributed by atoms with Crippen LogP contribution in [0.2, 0.25) is 0 Å². The average Bonchev–Trinajstić information content (AvgIpc) is 2.78. The number of hydrogen-bond acceptors (Lipinski definition) is 6. The van der Waals surface area contributed by atoms with Crippen molar-refractivity contribution in [2.45, 2.75) is 112 Å². The van der Waals surface area contributed by atoms with Crippen LogP contribution in [-0.2, 0) is 28.5 Å². The molecule has 31 heavy (non-hydrogen) atoms. The summed E-state index contributed by atoms with van der Waals surface area (Å²) in [6, 6.07) is 0. The Morgan fingerprint density at radius 3 is 2.13 bits per heavy atom. The van der Waals surface area contributed by atoms with Gasteiger partial charge in [0.05, 0.1) is 29.0 Å². The molecule has 3 aliphatic rings. The summed E-state index contributed by atoms with van der Waals surface area (Å²) >= 11 is 3.72. The summed E-state index contributed by atoms with van der Waals surface area (Å²) in [6.45, 7) is 11.3. The fraction of sp³-hybridized carbons (Fsp3) is 0.900. The highest BCUT2D eigenvalue weighted by atomic mass is 79.9. The molecule has 0 radical (unpaired) electrons. The number of fused-ring (bicyclic) bond motifs is 2. The molecule has 11 heteroatoms. The van der Waals surface area contributed by atoms with E-state index in [1.165, 1.54) is 0 Å². The first-order valence-electron chi connectivity index (χ1n) is 10.4. The highest BCUT2D eigenvalue weighted by Crippen LogP contribution is 2.48. The third-order valence-electron chi connectivity index (χ3n) is 6.73. The fourth-order valence-corrected chi connectivity index (χ4v) is 5.49. The Labute approximate surface area is 190 Å². The minimum Gasteiger partial charge on any atom is -0.378 e. The van der Waals surface area contributed by atoms with Gasteiger partial charge in [-0.1, -0.05) is 22.5 Å². The van der Waals surface area contributed by atoms with Crippen molar-refractivity contribution >= 4 is 26.0 Å². The van der Waals surface area contributed by atoms with Gasteiger partial charge in [0.25, 0.3) is 0 Å². The third kappa shape index (κ3) is 4.95. The molecule has 6 nitrogen and oxygen atoms in total. The molecule has 0 saturated carbocycles. The topological polar surface area (TPSA) is 71.1 Å². The molecule has 3 fully saturated rings. The van der Waals surface area contributed by atoms with Gasteiger partial charge in [-0.15, -0.1) is 0 Å². The molecule has 0 aromatic carbocycles. The lowest BCUT2D eigenvalue weighted by Crippen LogP contribution is -2.53. The van der Waals surface area contributed by atoms with Crippen LogP contribution >= 0.6 is 15.9 Å². The minimum atomic E-state index is -5.79. The molecular formula is C20H30BrF3O6S. The van der Waals surface area contributed by atoms with Gasteiger partial charge in [-0.3, -0.25) is 0 Å². The summed E-state index contributed by atoms with van der Waals surface area (Å²) in [7, 11) is -5.79. The van der Waals surface area contributed by atoms with Gasteiger partial charge in [0.15, 0.2) is 0 Å². The number of halogens is 4. The highest BCUT2D eigenvalue weighted by molar-refractivity contribution is 9.09. The Bertz CT molecular complexity index is 816. The Hall–Kier alpha value is -0.360. The van der Waals surface area contributed by atoms with Gasteiger partial charge in [-0.05, 0) is 66.2 Å². The monoisotopic (exact) mass is 534 g/mol. The van der Waals surface area contributed by atoms with E-state index in [4.69, 9.17) is 14.2 Å². The maximum absolute atomic E-state index is 12.7. The third-order valence-corrected chi connectivity index (χ3v) is 9.29. The van der Waals surface area contributed by atoms with Crippen molar-refractivity contribution in [2.24, 2.45) is 0 Å². The van der Waals surface area contributed by atoms with Crippen molar-refractivity contribution < 1.29 is 40.0 Å². The zero-order chi connectivity index (χ0) is 23.5. The molecule has 0 aromatic heterocycles. The molecule has 0 aromatic rings. The normalized spacial score (nSPS) is 41.3. The number of rotatable bonds is 3. The van der Waals surface area contributed by atoms with Gasteiger partial charge in [0, 0.05) is 4.83 Å². The molecule has 0 bridgehead atoms. The Balaban J connectivity index is 1.76. The largest absolute Gasteiger partial charge is 0.534 e. The van der Waals surface area contributed by atoms with Crippen LogP contribution in [0.4, 0.5) is 13.2 Å². The van der Waals surface area contributed by atoms with E-state index in [0.717, 1.165) is 12.8 Å². The average molecular weight is 535 g/mol. The van der Waals surface area contributed by atoms with E-state index >= 15 is 0 Å². The van der Waals surface area contributed by atoms with Crippen molar-refractivity contribution in [3.63, 3.8) is 0 Å². The first-order valence-corrected chi connectivity index (χ1v) is 12.7. The van der Waals surface area contributed by atoms with Gasteiger partial charge in [-0.25, -0.2) is 0 Å². The summed E-state index contributed by atoms with van der Waals surface area (Å²) in [5, 5.41) is 0. The van der Waals surface area contributed by atoms with Crippen LogP contribution in [-0.4, -0.2) is 53.9 Å². The molecule has 6 atom stereocenters. The second kappa shape index (κ2) is 8.14. The van der Waals surface area contributed by atoms with Gasteiger partial charge < -0.3 is 18.4 Å². The molecule has 3 aliphatic heterocycles. The standard InChI is InChI=1S/C20H30BrF3O6S/c1-12(30-31(25,26)20(22,23)24)13-6-7-15-18(4,27-13)11-9-16-19(5,29-15)10-8-14(21)17(2,3)28-16/h13-16H,1,6-11H2,2-5H3/t13-,14-,15-,16+,18+,19-/m0/s1. The zero-order valence-corrected chi connectivity index (χ0v) is 20.5. The van der Waals surface area contributed by atoms with Crippen molar-refractivity contribution in [1.29, 1.82) is 0 Å². The van der Waals surface area contributed by atoms with Crippen LogP contribution < -0.4 is 0 Å². The van der Waals surface area contributed by atoms with Crippen molar-refractivity contribution in [3.05, 3.63) is 12.3 Å². The lowest BCUT2D eigenvalue weighted by atomic mass is 9.85. The number of ether oxygens (including phenoxy) is 3. The predicted octanol–water partition coefficient (Wildman–Crippen LogP) is 4.96. The van der Waals surface area contributed by atoms with Crippen LogP contribution in [0.3, 0.4) is 0 Å². The van der Waals surface area contributed by atoms with Gasteiger partial charge in [-0.2, -0.15) is 21.6 Å². The van der Waals surface area contributed by atoms with E-state index in [9.17, 15) is 21.6 Å². The van der Waals surface area contributed by atoms with Gasteiger partial charge in [0.2, 0.25) is 0 Å². The number of hydrogen-bond donors (Lipinski definition) is 0. The highest BCUT2D eigenvalue weighted by Gasteiger charge is 2.55. The maximum Gasteiger partial charge on any atom is 0.534 e. The van der Waals surface area contributed by atoms with E-state index < -0.39 is 38.7 Å². The first kappa shape index (κ1) is 25.3. The number of alkyl halides is 4. The first-order chi connectivity index (χ1) is 14.0. The Kier molecular flexibility index (Phi) is 6.64. The molecule has 180 valence electrons. The van der Waals surface area contributed by atoms with E-state index in [2.05, 4.69) is 26.7 Å². The maximum atomic E-state index is 12.7. The lowest BCUT2D eigenvalue weighted by molar-refractivity contribution is -0.234. The second-order valence-corrected chi connectivity index (χ2v) is 12.3. The molecule has 0 aliphatic carbocycles. The van der Waals surface area contributed by atoms with E-state index in [-0.39, 0.29) is 29.1 Å². The van der Waals surface area contributed by atoms with Crippen molar-refractivity contribution in [1.82, 2.24) is 0 Å². The molecule has 0 spiro atoms. The molecule has 0 N–H and O–H groups in total. The minimum absolute atomic E-state index is 0.181. The van der Waals surface area contributed by atoms with Gasteiger partial charge >= 0.3 is 15.6 Å². The Morgan fingerprint density at radius 1 is 0.968 bits per heavy atom. The molecule has 3 rings (SSSR count). The van der Waals surface area contributed by atoms with Crippen LogP contribution in [0.1, 0.15) is 66.2 Å². The van der Waals surface area contributed by atoms with Crippen LogP contribution in [0.5, 0.6) is 0 Å². The zero-order valence-electron chi connectivity index (χ0n) is 18.1. The van der Waals surface area contributed by atoms with E-state index in [0.29, 0.717) is 19.3 Å². The fourth-order valence-electron chi connectivity index (χ4n) is 4.67. The summed E-state index contributed by atoms with van der Waals surface area (Å²) in [6.07, 6.45) is 2.05. The molecule has 3 saturated heterocycles. The molecule has 3 heterocycles. The summed E-state index contributed by atoms with van der Waals surface area (Å²) in [5.41, 5.74) is -7.29. The van der Waals surface area contributed by atoms with Crippen molar-refractivity contribution in [2.75, 3.05) is 0 Å². The predicted molar refractivity (Wildman–Crippen MR) is 111 cm³/mol. The summed E-state index contributed by atoms with van der Waals surface area (Å²) < 4.78 is 84.0. The van der Waals surface area contributed by atoms with E-state index in [1.807, 2.05) is 27.7 Å². The van der Waals surface area contributed by atoms with Gasteiger partial charge in [0.1, 0.15) is 11.9 Å². The smallest absolute Gasteiger partial charge is 0.378 e. The van der Waals surface area contributed by atoms with Crippen LogP contribution in [0.15, 0.2) is 12.3 Å². The lowest BCUT2D eigenvalue weighted by Gasteiger charge is -2.45. The summed E-state index contributed by atoms with van der Waals surface area (Å²) in [5.74, 6) is -0.568. The Morgan fingerprint density at radius 2 is 1.52 bits per heavy atom. The summed E-state index contributed by atoms with van der Waals surface area (Å²) in [4.78, 5) is 0.182. The molecule has 0 unspecified atom stereocenters. The van der Waals surface area contributed by atoms with Crippen LogP contribution in [0, 0.1) is 0 Å². The van der Waals surface area contributed by atoms with Crippen molar-refractivity contribution in [3.8, 4) is 0 Å². The van der Waals surface area contributed by atoms with E-state index in [1.54, 1.807) is 0 Å². The molecule has 0 amide bonds. The second-order valence-electron chi connectivity index (χ2n) is 9.62. The molecular weight excluding hydrogens is 505 g/mol.